The van der Waals surface area contributed by atoms with Crippen molar-refractivity contribution in [2.24, 2.45) is 10.8 Å². The van der Waals surface area contributed by atoms with Gasteiger partial charge in [0.05, 0.1) is 0 Å². The summed E-state index contributed by atoms with van der Waals surface area (Å²) in [4.78, 5) is 2.77. The van der Waals surface area contributed by atoms with Crippen LogP contribution < -0.4 is 5.32 Å². The van der Waals surface area contributed by atoms with Gasteiger partial charge in [-0.3, -0.25) is 4.90 Å². The maximum Gasteiger partial charge on any atom is 0.0269 e. The van der Waals surface area contributed by atoms with Crippen LogP contribution in [0.5, 0.6) is 0 Å². The summed E-state index contributed by atoms with van der Waals surface area (Å²) < 4.78 is 0. The van der Waals surface area contributed by atoms with Crippen molar-refractivity contribution >= 4 is 0 Å². The molecule has 1 heterocycles. The zero-order valence-corrected chi connectivity index (χ0v) is 15.1. The van der Waals surface area contributed by atoms with E-state index in [-0.39, 0.29) is 0 Å². The van der Waals surface area contributed by atoms with Gasteiger partial charge in [-0.1, -0.05) is 67.7 Å². The summed E-state index contributed by atoms with van der Waals surface area (Å²) in [5.41, 5.74) is 0.713. The fourth-order valence-electron chi connectivity index (χ4n) is 3.23. The lowest BCUT2D eigenvalue weighted by atomic mass is 9.79. The maximum atomic E-state index is 3.81. The number of nitrogens with one attached hydrogen (secondary N) is 1. The molecule has 0 aliphatic carbocycles. The Kier molecular flexibility index (Phi) is 6.53. The van der Waals surface area contributed by atoms with Gasteiger partial charge in [0.15, 0.2) is 0 Å². The third-order valence-electron chi connectivity index (χ3n) is 4.76. The second-order valence-electron chi connectivity index (χ2n) is 8.76. The van der Waals surface area contributed by atoms with Gasteiger partial charge in [-0.15, -0.1) is 0 Å². The van der Waals surface area contributed by atoms with Crippen molar-refractivity contribution in [1.29, 1.82) is 0 Å². The lowest BCUT2D eigenvalue weighted by molar-refractivity contribution is 0.0294. The zero-order chi connectivity index (χ0) is 15.4. The summed E-state index contributed by atoms with van der Waals surface area (Å²) in [6.45, 7) is 20.1. The maximum absolute atomic E-state index is 3.81. The van der Waals surface area contributed by atoms with E-state index in [0.29, 0.717) is 22.9 Å². The molecule has 20 heavy (non-hydrogen) atoms. The summed E-state index contributed by atoms with van der Waals surface area (Å²) in [6, 6.07) is 1.29. The lowest BCUT2D eigenvalue weighted by Gasteiger charge is -2.49. The van der Waals surface area contributed by atoms with Crippen molar-refractivity contribution in [2.45, 2.75) is 86.2 Å². The number of nitrogens with zero attached hydrogens (tertiary/aromatic N) is 1. The van der Waals surface area contributed by atoms with E-state index in [2.05, 4.69) is 58.7 Å². The summed E-state index contributed by atoms with van der Waals surface area (Å²) in [6.07, 6.45) is 5.46. The molecule has 0 aromatic rings. The first kappa shape index (κ1) is 18.0. The quantitative estimate of drug-likeness (QED) is 0.756. The van der Waals surface area contributed by atoms with E-state index in [1.165, 1.54) is 38.8 Å². The molecular formula is C18H38N2. The van der Waals surface area contributed by atoms with Crippen LogP contribution in [-0.4, -0.2) is 36.6 Å². The van der Waals surface area contributed by atoms with Crippen LogP contribution in [0.25, 0.3) is 0 Å². The van der Waals surface area contributed by atoms with Crippen LogP contribution in [-0.2, 0) is 0 Å². The third-order valence-corrected chi connectivity index (χ3v) is 4.76. The van der Waals surface area contributed by atoms with E-state index in [1.54, 1.807) is 0 Å². The Balaban J connectivity index is 2.63. The highest BCUT2D eigenvalue weighted by Crippen LogP contribution is 2.30. The summed E-state index contributed by atoms with van der Waals surface area (Å²) in [5.74, 6) is 0. The van der Waals surface area contributed by atoms with Gasteiger partial charge in [0.2, 0.25) is 0 Å². The minimum atomic E-state index is 0.352. The minimum absolute atomic E-state index is 0.352. The van der Waals surface area contributed by atoms with Gasteiger partial charge >= 0.3 is 0 Å². The van der Waals surface area contributed by atoms with E-state index in [4.69, 9.17) is 0 Å². The number of piperazine rings is 1. The van der Waals surface area contributed by atoms with Crippen molar-refractivity contribution in [3.8, 4) is 0 Å². The topological polar surface area (TPSA) is 15.3 Å². The SMILES string of the molecule is CCCCCCN1CC(C(C)(C)C)NCC1C(C)(C)C. The largest absolute Gasteiger partial charge is 0.311 e. The molecule has 0 radical (unpaired) electrons. The molecule has 1 saturated heterocycles. The minimum Gasteiger partial charge on any atom is -0.311 e. The highest BCUT2D eigenvalue weighted by atomic mass is 15.2. The van der Waals surface area contributed by atoms with Crippen LogP contribution >= 0.6 is 0 Å². The predicted octanol–water partition coefficient (Wildman–Crippen LogP) is 4.30. The molecule has 1 aliphatic rings. The monoisotopic (exact) mass is 282 g/mol. The molecule has 0 aromatic carbocycles. The van der Waals surface area contributed by atoms with Crippen LogP contribution in [0.1, 0.15) is 74.1 Å². The molecule has 1 aliphatic heterocycles. The van der Waals surface area contributed by atoms with E-state index in [1.807, 2.05) is 0 Å². The Labute approximate surface area is 127 Å². The van der Waals surface area contributed by atoms with Crippen LogP contribution in [0.15, 0.2) is 0 Å². The highest BCUT2D eigenvalue weighted by molar-refractivity contribution is 4.95. The van der Waals surface area contributed by atoms with Gasteiger partial charge in [-0.05, 0) is 23.8 Å². The molecule has 120 valence electrons. The average Bonchev–Trinajstić information content (AvgIpc) is 2.32. The Morgan fingerprint density at radius 3 is 2.10 bits per heavy atom. The van der Waals surface area contributed by atoms with Crippen LogP contribution in [0.3, 0.4) is 0 Å². The molecule has 0 aromatic heterocycles. The zero-order valence-electron chi connectivity index (χ0n) is 15.1. The Hall–Kier alpha value is -0.0800. The van der Waals surface area contributed by atoms with Gasteiger partial charge in [0.25, 0.3) is 0 Å². The fourth-order valence-corrected chi connectivity index (χ4v) is 3.23. The molecule has 2 atom stereocenters. The predicted molar refractivity (Wildman–Crippen MR) is 90.2 cm³/mol. The number of rotatable bonds is 5. The van der Waals surface area contributed by atoms with Gasteiger partial charge in [-0.2, -0.15) is 0 Å². The molecule has 2 unspecified atom stereocenters. The van der Waals surface area contributed by atoms with Crippen molar-refractivity contribution in [3.05, 3.63) is 0 Å². The molecule has 0 spiro atoms. The highest BCUT2D eigenvalue weighted by Gasteiger charge is 2.38. The van der Waals surface area contributed by atoms with Gasteiger partial charge < -0.3 is 5.32 Å². The van der Waals surface area contributed by atoms with Crippen LogP contribution in [0, 0.1) is 10.8 Å². The average molecular weight is 283 g/mol. The second-order valence-corrected chi connectivity index (χ2v) is 8.76. The van der Waals surface area contributed by atoms with Crippen LogP contribution in [0.4, 0.5) is 0 Å². The van der Waals surface area contributed by atoms with Crippen molar-refractivity contribution in [2.75, 3.05) is 19.6 Å². The first-order valence-electron chi connectivity index (χ1n) is 8.63. The van der Waals surface area contributed by atoms with Crippen molar-refractivity contribution in [1.82, 2.24) is 10.2 Å². The molecule has 2 heteroatoms. The van der Waals surface area contributed by atoms with Crippen molar-refractivity contribution < 1.29 is 0 Å². The summed E-state index contributed by atoms with van der Waals surface area (Å²) >= 11 is 0. The summed E-state index contributed by atoms with van der Waals surface area (Å²) in [5, 5.41) is 3.81. The van der Waals surface area contributed by atoms with Gasteiger partial charge in [0, 0.05) is 25.2 Å². The molecule has 1 fully saturated rings. The molecule has 0 bridgehead atoms. The number of hydrogen-bond donors (Lipinski definition) is 1. The Morgan fingerprint density at radius 1 is 0.950 bits per heavy atom. The molecule has 1 N–H and O–H groups in total. The summed E-state index contributed by atoms with van der Waals surface area (Å²) in [7, 11) is 0. The molecule has 0 saturated carbocycles. The standard InChI is InChI=1S/C18H38N2/c1-8-9-10-11-12-20-14-15(17(2,3)4)19-13-16(20)18(5,6)7/h15-16,19H,8-14H2,1-7H3. The first-order valence-corrected chi connectivity index (χ1v) is 8.63. The van der Waals surface area contributed by atoms with E-state index >= 15 is 0 Å². The van der Waals surface area contributed by atoms with E-state index in [0.717, 1.165) is 6.54 Å². The fraction of sp³-hybridized carbons (Fsp3) is 1.00. The molecule has 1 rings (SSSR count). The third kappa shape index (κ3) is 5.37. The molecule has 2 nitrogen and oxygen atoms in total. The van der Waals surface area contributed by atoms with E-state index < -0.39 is 0 Å². The first-order chi connectivity index (χ1) is 9.16. The lowest BCUT2D eigenvalue weighted by Crippen LogP contribution is -2.63. The normalized spacial score (nSPS) is 25.9. The molecule has 0 amide bonds. The molecular weight excluding hydrogens is 244 g/mol. The smallest absolute Gasteiger partial charge is 0.0269 e. The van der Waals surface area contributed by atoms with Gasteiger partial charge in [0.1, 0.15) is 0 Å². The van der Waals surface area contributed by atoms with Crippen LogP contribution in [0.2, 0.25) is 0 Å². The van der Waals surface area contributed by atoms with E-state index in [9.17, 15) is 0 Å². The van der Waals surface area contributed by atoms with Gasteiger partial charge in [-0.25, -0.2) is 0 Å². The Bertz CT molecular complexity index is 272. The number of hydrogen-bond acceptors (Lipinski definition) is 2. The van der Waals surface area contributed by atoms with Crippen molar-refractivity contribution in [3.63, 3.8) is 0 Å². The number of unbranched alkanes of at least 4 members (excludes halogenated alkanes) is 3. The Morgan fingerprint density at radius 2 is 1.60 bits per heavy atom. The second kappa shape index (κ2) is 7.26.